The molecule has 0 bridgehead atoms. The maximum absolute atomic E-state index is 13.0. The molecule has 2 aliphatic rings. The van der Waals surface area contributed by atoms with Gasteiger partial charge in [-0.15, -0.1) is 0 Å². The average molecular weight is 478 g/mol. The van der Waals surface area contributed by atoms with Crippen LogP contribution in [-0.4, -0.2) is 85.2 Å². The Kier molecular flexibility index (Phi) is 8.20. The third-order valence-electron chi connectivity index (χ3n) is 5.70. The van der Waals surface area contributed by atoms with Crippen molar-refractivity contribution in [1.29, 1.82) is 0 Å². The summed E-state index contributed by atoms with van der Waals surface area (Å²) in [6.45, 7) is 8.59. The number of piperazine rings is 1. The summed E-state index contributed by atoms with van der Waals surface area (Å²) in [7, 11) is 1.64. The molecule has 0 radical (unpaired) electrons. The van der Waals surface area contributed by atoms with E-state index in [1.54, 1.807) is 37.1 Å². The first kappa shape index (κ1) is 24.9. The summed E-state index contributed by atoms with van der Waals surface area (Å²) in [6, 6.07) is 6.11. The molecule has 1 atom stereocenters. The van der Waals surface area contributed by atoms with E-state index in [1.807, 2.05) is 19.9 Å². The Morgan fingerprint density at radius 3 is 2.55 bits per heavy atom. The normalized spacial score (nSPS) is 19.6. The molecule has 1 saturated heterocycles. The number of carbonyl (C=O) groups is 3. The molecule has 4 amide bonds. The smallest absolute Gasteiger partial charge is 0.338 e. The maximum atomic E-state index is 13.0. The summed E-state index contributed by atoms with van der Waals surface area (Å²) in [5.41, 5.74) is 1.68. The number of hydrogen-bond donors (Lipinski definition) is 2. The van der Waals surface area contributed by atoms with Gasteiger partial charge in [0.2, 0.25) is 0 Å². The highest BCUT2D eigenvalue weighted by Crippen LogP contribution is 2.32. The SMILES string of the molecule is CCOC(=O)C1=C(CN2CCN(C(=O)NC(C)C)CC2)N(C)C(=O)N[C@H]1c1cccc(Cl)c1. The molecule has 180 valence electrons. The number of rotatable bonds is 6. The van der Waals surface area contributed by atoms with Gasteiger partial charge in [-0.3, -0.25) is 9.80 Å². The minimum Gasteiger partial charge on any atom is -0.463 e. The maximum Gasteiger partial charge on any atom is 0.338 e. The number of ether oxygens (including phenoxy) is 1. The Morgan fingerprint density at radius 2 is 1.94 bits per heavy atom. The standard InChI is InChI=1S/C23H32ClN5O4/c1-5-33-21(30)19-18(14-28-9-11-29(12-10-28)23(32)25-15(2)3)27(4)22(31)26-20(19)16-7-6-8-17(24)13-16/h6-8,13,15,20H,5,9-12,14H2,1-4H3,(H,25,32)(H,26,31)/t20-/m0/s1. The fraction of sp³-hybridized carbons (Fsp3) is 0.522. The van der Waals surface area contributed by atoms with Gasteiger partial charge in [0.15, 0.2) is 0 Å². The number of likely N-dealkylation sites (N-methyl/N-ethyl adjacent to an activating group) is 1. The summed E-state index contributed by atoms with van der Waals surface area (Å²) in [5.74, 6) is -0.473. The summed E-state index contributed by atoms with van der Waals surface area (Å²) in [5, 5.41) is 6.32. The number of nitrogens with one attached hydrogen (secondary N) is 2. The third-order valence-corrected chi connectivity index (χ3v) is 5.93. The van der Waals surface area contributed by atoms with Crippen molar-refractivity contribution in [2.45, 2.75) is 32.9 Å². The molecule has 1 aromatic rings. The van der Waals surface area contributed by atoms with Crippen molar-refractivity contribution in [1.82, 2.24) is 25.3 Å². The first-order valence-electron chi connectivity index (χ1n) is 11.2. The van der Waals surface area contributed by atoms with Crippen LogP contribution in [-0.2, 0) is 9.53 Å². The van der Waals surface area contributed by atoms with Crippen molar-refractivity contribution in [2.24, 2.45) is 0 Å². The number of hydrogen-bond acceptors (Lipinski definition) is 5. The molecule has 2 N–H and O–H groups in total. The second-order valence-electron chi connectivity index (χ2n) is 8.44. The summed E-state index contributed by atoms with van der Waals surface area (Å²) in [6.07, 6.45) is 0. The van der Waals surface area contributed by atoms with Crippen LogP contribution in [0.3, 0.4) is 0 Å². The predicted molar refractivity (Wildman–Crippen MR) is 126 cm³/mol. The number of esters is 1. The van der Waals surface area contributed by atoms with Crippen molar-refractivity contribution in [3.05, 3.63) is 46.1 Å². The molecule has 9 nitrogen and oxygen atoms in total. The molecular weight excluding hydrogens is 446 g/mol. The number of amides is 4. The van der Waals surface area contributed by atoms with E-state index in [4.69, 9.17) is 16.3 Å². The number of halogens is 1. The van der Waals surface area contributed by atoms with Gasteiger partial charge in [0.05, 0.1) is 18.2 Å². The lowest BCUT2D eigenvalue weighted by Gasteiger charge is -2.39. The van der Waals surface area contributed by atoms with E-state index in [0.717, 1.165) is 0 Å². The lowest BCUT2D eigenvalue weighted by atomic mass is 9.94. The zero-order valence-electron chi connectivity index (χ0n) is 19.6. The highest BCUT2D eigenvalue weighted by atomic mass is 35.5. The number of benzene rings is 1. The van der Waals surface area contributed by atoms with Crippen LogP contribution < -0.4 is 10.6 Å². The quantitative estimate of drug-likeness (QED) is 0.614. The van der Waals surface area contributed by atoms with Crippen molar-refractivity contribution >= 4 is 29.6 Å². The average Bonchev–Trinajstić information content (AvgIpc) is 2.76. The van der Waals surface area contributed by atoms with Crippen molar-refractivity contribution in [3.8, 4) is 0 Å². The molecule has 0 aromatic heterocycles. The van der Waals surface area contributed by atoms with Gasteiger partial charge in [0.25, 0.3) is 0 Å². The molecule has 0 aliphatic carbocycles. The lowest BCUT2D eigenvalue weighted by molar-refractivity contribution is -0.139. The topological polar surface area (TPSA) is 94.2 Å². The summed E-state index contributed by atoms with van der Waals surface area (Å²) < 4.78 is 5.36. The number of urea groups is 2. The monoisotopic (exact) mass is 477 g/mol. The molecule has 2 aliphatic heterocycles. The van der Waals surface area contributed by atoms with Gasteiger partial charge in [0.1, 0.15) is 0 Å². The van der Waals surface area contributed by atoms with Crippen LogP contribution in [0.5, 0.6) is 0 Å². The van der Waals surface area contributed by atoms with Gasteiger partial charge in [-0.2, -0.15) is 0 Å². The van der Waals surface area contributed by atoms with Crippen LogP contribution in [0.25, 0.3) is 0 Å². The van der Waals surface area contributed by atoms with Crippen LogP contribution >= 0.6 is 11.6 Å². The Morgan fingerprint density at radius 1 is 1.24 bits per heavy atom. The van der Waals surface area contributed by atoms with E-state index in [-0.39, 0.29) is 24.7 Å². The predicted octanol–water partition coefficient (Wildman–Crippen LogP) is 2.59. The van der Waals surface area contributed by atoms with E-state index in [2.05, 4.69) is 15.5 Å². The zero-order valence-corrected chi connectivity index (χ0v) is 20.3. The van der Waals surface area contributed by atoms with Crippen LogP contribution in [0.1, 0.15) is 32.4 Å². The molecule has 3 rings (SSSR count). The molecule has 0 unspecified atom stereocenters. The van der Waals surface area contributed by atoms with Crippen molar-refractivity contribution in [2.75, 3.05) is 46.4 Å². The van der Waals surface area contributed by atoms with Gasteiger partial charge in [-0.05, 0) is 38.5 Å². The first-order valence-corrected chi connectivity index (χ1v) is 11.6. The molecule has 2 heterocycles. The van der Waals surface area contributed by atoms with Gasteiger partial charge >= 0.3 is 18.0 Å². The van der Waals surface area contributed by atoms with Crippen molar-refractivity contribution < 1.29 is 19.1 Å². The molecular formula is C23H32ClN5O4. The summed E-state index contributed by atoms with van der Waals surface area (Å²) in [4.78, 5) is 43.5. The van der Waals surface area contributed by atoms with E-state index in [1.165, 1.54) is 4.90 Å². The van der Waals surface area contributed by atoms with Crippen LogP contribution in [0.2, 0.25) is 5.02 Å². The molecule has 0 spiro atoms. The largest absolute Gasteiger partial charge is 0.463 e. The Balaban J connectivity index is 1.87. The Labute approximate surface area is 199 Å². The molecule has 1 aromatic carbocycles. The van der Waals surface area contributed by atoms with Crippen LogP contribution in [0, 0.1) is 0 Å². The van der Waals surface area contributed by atoms with Gasteiger partial charge in [-0.25, -0.2) is 14.4 Å². The highest BCUT2D eigenvalue weighted by molar-refractivity contribution is 6.30. The van der Waals surface area contributed by atoms with Gasteiger partial charge in [0, 0.05) is 56.5 Å². The third kappa shape index (κ3) is 5.97. The minimum absolute atomic E-state index is 0.0747. The first-order chi connectivity index (χ1) is 15.7. The lowest BCUT2D eigenvalue weighted by Crippen LogP contribution is -2.55. The number of nitrogens with zero attached hydrogens (tertiary/aromatic N) is 3. The Bertz CT molecular complexity index is 927. The van der Waals surface area contributed by atoms with E-state index in [0.29, 0.717) is 54.6 Å². The van der Waals surface area contributed by atoms with E-state index >= 15 is 0 Å². The van der Waals surface area contributed by atoms with Gasteiger partial charge in [-0.1, -0.05) is 23.7 Å². The molecule has 10 heteroatoms. The van der Waals surface area contributed by atoms with E-state index in [9.17, 15) is 14.4 Å². The molecule has 33 heavy (non-hydrogen) atoms. The fourth-order valence-electron chi connectivity index (χ4n) is 3.99. The zero-order chi connectivity index (χ0) is 24.1. The van der Waals surface area contributed by atoms with Crippen LogP contribution in [0.15, 0.2) is 35.5 Å². The van der Waals surface area contributed by atoms with E-state index < -0.39 is 12.0 Å². The van der Waals surface area contributed by atoms with Crippen LogP contribution in [0.4, 0.5) is 9.59 Å². The molecule has 0 saturated carbocycles. The second-order valence-corrected chi connectivity index (χ2v) is 8.88. The minimum atomic E-state index is -0.667. The summed E-state index contributed by atoms with van der Waals surface area (Å²) >= 11 is 6.18. The number of carbonyl (C=O) groups excluding carboxylic acids is 3. The second kappa shape index (κ2) is 10.9. The fourth-order valence-corrected chi connectivity index (χ4v) is 4.19. The van der Waals surface area contributed by atoms with Crippen molar-refractivity contribution in [3.63, 3.8) is 0 Å². The highest BCUT2D eigenvalue weighted by Gasteiger charge is 2.37. The van der Waals surface area contributed by atoms with Gasteiger partial charge < -0.3 is 20.3 Å². The molecule has 1 fully saturated rings. The Hall–Kier alpha value is -2.78.